The minimum Gasteiger partial charge on any atom is -0.394 e. The molecule has 4 atom stereocenters. The van der Waals surface area contributed by atoms with E-state index >= 15 is 0 Å². The third-order valence-electron chi connectivity index (χ3n) is 2.68. The Morgan fingerprint density at radius 3 is 2.89 bits per heavy atom. The summed E-state index contributed by atoms with van der Waals surface area (Å²) in [6, 6.07) is 0. The summed E-state index contributed by atoms with van der Waals surface area (Å²) >= 11 is 5.68. The van der Waals surface area contributed by atoms with Gasteiger partial charge in [0.05, 0.1) is 11.6 Å². The molecule has 0 amide bonds. The molecule has 2 rings (SSSR count). The highest BCUT2D eigenvalue weighted by Crippen LogP contribution is 2.31. The fraction of sp³-hybridized carbons (Fsp3) is 0.556. The number of nitrogens with two attached hydrogens (primary N) is 1. The van der Waals surface area contributed by atoms with E-state index in [1.807, 2.05) is 0 Å². The van der Waals surface area contributed by atoms with Gasteiger partial charge in [-0.15, -0.1) is 0 Å². The summed E-state index contributed by atoms with van der Waals surface area (Å²) in [5.74, 6) is -0.175. The van der Waals surface area contributed by atoms with Crippen molar-refractivity contribution in [3.8, 4) is 0 Å². The topological polar surface area (TPSA) is 111 Å². The molecule has 1 fully saturated rings. The van der Waals surface area contributed by atoms with Crippen molar-refractivity contribution in [2.45, 2.75) is 24.6 Å². The zero-order valence-electron chi connectivity index (χ0n) is 9.03. The summed E-state index contributed by atoms with van der Waals surface area (Å²) < 4.78 is 19.6. The highest BCUT2D eigenvalue weighted by molar-refractivity contribution is 6.32. The van der Waals surface area contributed by atoms with Crippen molar-refractivity contribution >= 4 is 17.4 Å². The van der Waals surface area contributed by atoms with Gasteiger partial charge in [-0.05, 0) is 0 Å². The van der Waals surface area contributed by atoms with Gasteiger partial charge in [-0.2, -0.15) is 4.98 Å². The molecule has 0 bridgehead atoms. The maximum atomic E-state index is 13.8. The van der Waals surface area contributed by atoms with Crippen molar-refractivity contribution in [1.82, 2.24) is 9.55 Å². The van der Waals surface area contributed by atoms with Gasteiger partial charge in [-0.1, -0.05) is 11.6 Å². The van der Waals surface area contributed by atoms with E-state index in [1.54, 1.807) is 0 Å². The predicted octanol–water partition coefficient (Wildman–Crippen LogP) is -0.932. The SMILES string of the molecule is Nc1nc(=O)n([C@@H]2O[C@H](CO)[C@@H](O)[C@@H]2F)cc1Cl. The Morgan fingerprint density at radius 2 is 2.33 bits per heavy atom. The predicted molar refractivity (Wildman–Crippen MR) is 59.8 cm³/mol. The largest absolute Gasteiger partial charge is 0.394 e. The van der Waals surface area contributed by atoms with Crippen molar-refractivity contribution in [2.75, 3.05) is 12.3 Å². The minimum atomic E-state index is -1.87. The molecule has 7 nitrogen and oxygen atoms in total. The van der Waals surface area contributed by atoms with Crippen LogP contribution in [0, 0.1) is 0 Å². The fourth-order valence-corrected chi connectivity index (χ4v) is 1.87. The standard InChI is InChI=1S/C9H11ClFN3O4/c10-3-1-14(9(17)13-7(3)12)8-5(11)6(16)4(2-15)18-8/h1,4-6,8,15-16H,2H2,(H2,12,13,17)/t4-,5+,6-,8-/m1/s1. The summed E-state index contributed by atoms with van der Waals surface area (Å²) in [6.45, 7) is -0.566. The first-order valence-electron chi connectivity index (χ1n) is 5.08. The lowest BCUT2D eigenvalue weighted by Crippen LogP contribution is -2.33. The summed E-state index contributed by atoms with van der Waals surface area (Å²) in [5.41, 5.74) is 4.47. The monoisotopic (exact) mass is 279 g/mol. The Morgan fingerprint density at radius 1 is 1.67 bits per heavy atom. The van der Waals surface area contributed by atoms with Gasteiger partial charge in [0.25, 0.3) is 0 Å². The molecule has 18 heavy (non-hydrogen) atoms. The van der Waals surface area contributed by atoms with Crippen LogP contribution in [0.5, 0.6) is 0 Å². The lowest BCUT2D eigenvalue weighted by Gasteiger charge is -2.16. The number of aliphatic hydroxyl groups excluding tert-OH is 2. The van der Waals surface area contributed by atoms with Gasteiger partial charge in [-0.3, -0.25) is 4.57 Å². The number of halogens is 2. The van der Waals surface area contributed by atoms with Crippen molar-refractivity contribution in [2.24, 2.45) is 0 Å². The number of aromatic nitrogens is 2. The molecule has 0 radical (unpaired) electrons. The average molecular weight is 280 g/mol. The maximum absolute atomic E-state index is 13.8. The smallest absolute Gasteiger partial charge is 0.351 e. The summed E-state index contributed by atoms with van der Waals surface area (Å²) in [6.07, 6.45) is -4.82. The second-order valence-electron chi connectivity index (χ2n) is 3.85. The first-order valence-corrected chi connectivity index (χ1v) is 5.46. The average Bonchev–Trinajstić information content (AvgIpc) is 2.61. The first-order chi connectivity index (χ1) is 8.45. The van der Waals surface area contributed by atoms with Gasteiger partial charge in [0.1, 0.15) is 18.0 Å². The number of alkyl halides is 1. The lowest BCUT2D eigenvalue weighted by molar-refractivity contribution is -0.0490. The molecule has 0 saturated carbocycles. The van der Waals surface area contributed by atoms with Gasteiger partial charge in [0, 0.05) is 6.20 Å². The Bertz CT molecular complexity index is 511. The van der Waals surface area contributed by atoms with E-state index in [2.05, 4.69) is 4.98 Å². The molecule has 2 heterocycles. The zero-order valence-corrected chi connectivity index (χ0v) is 9.79. The molecule has 0 spiro atoms. The van der Waals surface area contributed by atoms with E-state index in [9.17, 15) is 14.3 Å². The molecule has 4 N–H and O–H groups in total. The van der Waals surface area contributed by atoms with Gasteiger partial charge < -0.3 is 20.7 Å². The third-order valence-corrected chi connectivity index (χ3v) is 2.97. The van der Waals surface area contributed by atoms with Crippen molar-refractivity contribution in [3.63, 3.8) is 0 Å². The van der Waals surface area contributed by atoms with Crippen LogP contribution in [0.3, 0.4) is 0 Å². The molecule has 1 aliphatic heterocycles. The van der Waals surface area contributed by atoms with E-state index in [0.29, 0.717) is 0 Å². The molecule has 1 saturated heterocycles. The van der Waals surface area contributed by atoms with E-state index < -0.39 is 36.9 Å². The van der Waals surface area contributed by atoms with Crippen LogP contribution in [0.25, 0.3) is 0 Å². The van der Waals surface area contributed by atoms with E-state index in [-0.39, 0.29) is 10.8 Å². The number of nitrogen functional groups attached to an aromatic ring is 1. The zero-order chi connectivity index (χ0) is 13.4. The quantitative estimate of drug-likeness (QED) is 0.645. The number of nitrogens with zero attached hydrogens (tertiary/aromatic N) is 2. The summed E-state index contributed by atoms with van der Waals surface area (Å²) in [5, 5.41) is 18.3. The van der Waals surface area contributed by atoms with E-state index in [0.717, 1.165) is 10.8 Å². The minimum absolute atomic E-state index is 0.0349. The highest BCUT2D eigenvalue weighted by Gasteiger charge is 2.45. The van der Waals surface area contributed by atoms with Crippen LogP contribution in [0.15, 0.2) is 11.0 Å². The molecular formula is C9H11ClFN3O4. The van der Waals surface area contributed by atoms with E-state index in [4.69, 9.17) is 27.2 Å². The number of anilines is 1. The summed E-state index contributed by atoms with van der Waals surface area (Å²) in [4.78, 5) is 14.9. The second-order valence-corrected chi connectivity index (χ2v) is 4.25. The van der Waals surface area contributed by atoms with Gasteiger partial charge >= 0.3 is 5.69 Å². The first kappa shape index (κ1) is 13.2. The van der Waals surface area contributed by atoms with Crippen LogP contribution in [0.4, 0.5) is 10.2 Å². The van der Waals surface area contributed by atoms with Crippen molar-refractivity contribution in [1.29, 1.82) is 0 Å². The number of ether oxygens (including phenoxy) is 1. The number of hydrogen-bond donors (Lipinski definition) is 3. The molecule has 0 aromatic carbocycles. The van der Waals surface area contributed by atoms with Crippen LogP contribution in [-0.4, -0.2) is 44.8 Å². The van der Waals surface area contributed by atoms with E-state index in [1.165, 1.54) is 0 Å². The molecule has 0 aliphatic carbocycles. The van der Waals surface area contributed by atoms with Crippen LogP contribution >= 0.6 is 11.6 Å². The Balaban J connectivity index is 2.39. The maximum Gasteiger partial charge on any atom is 0.351 e. The van der Waals surface area contributed by atoms with Gasteiger partial charge in [0.15, 0.2) is 12.4 Å². The molecule has 1 aromatic heterocycles. The summed E-state index contributed by atoms with van der Waals surface area (Å²) in [7, 11) is 0. The highest BCUT2D eigenvalue weighted by atomic mass is 35.5. The van der Waals surface area contributed by atoms with Crippen LogP contribution in [-0.2, 0) is 4.74 Å². The second kappa shape index (κ2) is 4.81. The van der Waals surface area contributed by atoms with Gasteiger partial charge in [0.2, 0.25) is 0 Å². The molecular weight excluding hydrogens is 269 g/mol. The van der Waals surface area contributed by atoms with Crippen LogP contribution < -0.4 is 11.4 Å². The molecule has 100 valence electrons. The number of rotatable bonds is 2. The molecule has 9 heteroatoms. The Kier molecular flexibility index (Phi) is 3.53. The normalized spacial score (nSPS) is 31.8. The Labute approximate surface area is 106 Å². The lowest BCUT2D eigenvalue weighted by atomic mass is 10.1. The third kappa shape index (κ3) is 2.07. The van der Waals surface area contributed by atoms with Crippen LogP contribution in [0.2, 0.25) is 5.02 Å². The fourth-order valence-electron chi connectivity index (χ4n) is 1.72. The van der Waals surface area contributed by atoms with Crippen molar-refractivity contribution in [3.05, 3.63) is 21.7 Å². The molecule has 1 aromatic rings. The Hall–Kier alpha value is -1.22. The molecule has 1 aliphatic rings. The molecule has 0 unspecified atom stereocenters. The van der Waals surface area contributed by atoms with Crippen molar-refractivity contribution < 1.29 is 19.3 Å². The number of hydrogen-bond acceptors (Lipinski definition) is 6. The van der Waals surface area contributed by atoms with Gasteiger partial charge in [-0.25, -0.2) is 9.18 Å². The number of aliphatic hydroxyl groups is 2. The van der Waals surface area contributed by atoms with Crippen LogP contribution in [0.1, 0.15) is 6.23 Å².